The third-order valence-electron chi connectivity index (χ3n) is 4.38. The third-order valence-corrected chi connectivity index (χ3v) is 5.49. The minimum Gasteiger partial charge on any atom is -0.440 e. The molecule has 2 atom stereocenters. The average molecular weight is 362 g/mol. The molecule has 3 heterocycles. The van der Waals surface area contributed by atoms with Crippen LogP contribution in [0.3, 0.4) is 0 Å². The van der Waals surface area contributed by atoms with Crippen molar-refractivity contribution in [2.45, 2.75) is 36.5 Å². The van der Waals surface area contributed by atoms with Crippen LogP contribution in [0.2, 0.25) is 0 Å². The molecule has 0 amide bonds. The summed E-state index contributed by atoms with van der Waals surface area (Å²) in [4.78, 5) is 14.8. The fourth-order valence-corrected chi connectivity index (χ4v) is 4.12. The van der Waals surface area contributed by atoms with Gasteiger partial charge in [-0.1, -0.05) is 0 Å². The fraction of sp³-hybridized carbons (Fsp3) is 0.500. The van der Waals surface area contributed by atoms with E-state index in [0.29, 0.717) is 28.8 Å². The number of aromatic nitrogens is 1. The minimum absolute atomic E-state index is 0.00692. The number of nitro groups is 1. The molecule has 0 aliphatic carbocycles. The highest BCUT2D eigenvalue weighted by Crippen LogP contribution is 2.31. The van der Waals surface area contributed by atoms with Gasteiger partial charge in [-0.2, -0.15) is 5.10 Å². The van der Waals surface area contributed by atoms with E-state index in [1.165, 1.54) is 12.1 Å². The van der Waals surface area contributed by atoms with Gasteiger partial charge >= 0.3 is 0 Å². The van der Waals surface area contributed by atoms with Gasteiger partial charge in [0.25, 0.3) is 5.69 Å². The first-order valence-electron chi connectivity index (χ1n) is 8.25. The highest BCUT2D eigenvalue weighted by molar-refractivity contribution is 7.98. The molecule has 25 heavy (non-hydrogen) atoms. The van der Waals surface area contributed by atoms with Crippen molar-refractivity contribution in [3.8, 4) is 0 Å². The monoisotopic (exact) mass is 362 g/mol. The zero-order valence-electron chi connectivity index (χ0n) is 13.5. The van der Waals surface area contributed by atoms with Gasteiger partial charge in [0.2, 0.25) is 5.89 Å². The molecule has 0 spiro atoms. The molecule has 0 bridgehead atoms. The van der Waals surface area contributed by atoms with E-state index in [-0.39, 0.29) is 11.1 Å². The number of thioether (sulfide) groups is 1. The van der Waals surface area contributed by atoms with Crippen LogP contribution in [0.25, 0.3) is 11.1 Å². The second kappa shape index (κ2) is 7.01. The van der Waals surface area contributed by atoms with Crippen LogP contribution in [0.15, 0.2) is 27.7 Å². The Morgan fingerprint density at radius 2 is 2.36 bits per heavy atom. The van der Waals surface area contributed by atoms with Crippen LogP contribution in [0.1, 0.15) is 25.2 Å². The van der Waals surface area contributed by atoms with Gasteiger partial charge in [-0.05, 0) is 12.5 Å². The third kappa shape index (κ3) is 3.62. The molecule has 0 N–H and O–H groups in total. The summed E-state index contributed by atoms with van der Waals surface area (Å²) >= 11 is 1.65. The van der Waals surface area contributed by atoms with Crippen LogP contribution in [0, 0.1) is 10.1 Å². The molecule has 1 aromatic carbocycles. The summed E-state index contributed by atoms with van der Waals surface area (Å²) in [6.07, 6.45) is 4.91. The van der Waals surface area contributed by atoms with Crippen molar-refractivity contribution in [3.63, 3.8) is 0 Å². The number of hydrazone groups is 1. The second-order valence-electron chi connectivity index (χ2n) is 6.06. The molecule has 1 fully saturated rings. The van der Waals surface area contributed by atoms with Crippen molar-refractivity contribution in [1.29, 1.82) is 0 Å². The Kier molecular flexibility index (Phi) is 4.58. The number of rotatable bonds is 5. The van der Waals surface area contributed by atoms with Crippen molar-refractivity contribution in [3.05, 3.63) is 34.2 Å². The number of ether oxygens (including phenoxy) is 1. The van der Waals surface area contributed by atoms with Gasteiger partial charge in [0.15, 0.2) is 5.58 Å². The van der Waals surface area contributed by atoms with Gasteiger partial charge in [0, 0.05) is 31.7 Å². The maximum absolute atomic E-state index is 10.8. The summed E-state index contributed by atoms with van der Waals surface area (Å²) in [7, 11) is 0. The largest absolute Gasteiger partial charge is 0.440 e. The Labute approximate surface area is 148 Å². The predicted octanol–water partition coefficient (Wildman–Crippen LogP) is 3.17. The highest BCUT2D eigenvalue weighted by Gasteiger charge is 2.28. The number of nitrogens with zero attached hydrogens (tertiary/aromatic N) is 4. The Morgan fingerprint density at radius 1 is 1.44 bits per heavy atom. The zero-order chi connectivity index (χ0) is 17.2. The molecule has 1 aromatic heterocycles. The molecule has 0 radical (unpaired) electrons. The summed E-state index contributed by atoms with van der Waals surface area (Å²) in [6.45, 7) is 1.72. The van der Waals surface area contributed by atoms with E-state index in [2.05, 4.69) is 15.1 Å². The second-order valence-corrected chi connectivity index (χ2v) is 7.20. The molecular weight excluding hydrogens is 344 g/mol. The first kappa shape index (κ1) is 16.3. The van der Waals surface area contributed by atoms with Crippen molar-refractivity contribution in [1.82, 2.24) is 9.99 Å². The van der Waals surface area contributed by atoms with E-state index < -0.39 is 4.92 Å². The molecule has 2 aliphatic heterocycles. The standard InChI is InChI=1S/C16H18N4O4S/c21-20(22)12-2-3-13-14(8-12)24-15(18-13)10-25-16-9-11(4-7-23-16)19-6-1-5-17-19/h2-3,5,8,11,16H,1,4,6-7,9-10H2. The molecule has 2 aromatic rings. The molecule has 0 saturated carbocycles. The number of benzene rings is 1. The number of non-ortho nitro benzene ring substituents is 1. The van der Waals surface area contributed by atoms with Crippen molar-refractivity contribution >= 4 is 34.8 Å². The lowest BCUT2D eigenvalue weighted by atomic mass is 10.1. The number of hydrogen-bond donors (Lipinski definition) is 0. The van der Waals surface area contributed by atoms with Crippen LogP contribution in [0.4, 0.5) is 5.69 Å². The molecule has 8 nitrogen and oxygen atoms in total. The van der Waals surface area contributed by atoms with Crippen molar-refractivity contribution in [2.24, 2.45) is 5.10 Å². The van der Waals surface area contributed by atoms with E-state index >= 15 is 0 Å². The molecule has 132 valence electrons. The van der Waals surface area contributed by atoms with Crippen LogP contribution < -0.4 is 0 Å². The lowest BCUT2D eigenvalue weighted by molar-refractivity contribution is -0.384. The summed E-state index contributed by atoms with van der Waals surface area (Å²) in [5.41, 5.74) is 1.17. The quantitative estimate of drug-likeness (QED) is 0.595. The molecular formula is C16H18N4O4S. The smallest absolute Gasteiger partial charge is 0.273 e. The minimum atomic E-state index is -0.437. The molecule has 2 aliphatic rings. The summed E-state index contributed by atoms with van der Waals surface area (Å²) in [6, 6.07) is 4.89. The Balaban J connectivity index is 1.38. The first-order chi connectivity index (χ1) is 12.2. The van der Waals surface area contributed by atoms with Crippen molar-refractivity contribution in [2.75, 3.05) is 13.2 Å². The van der Waals surface area contributed by atoms with Gasteiger partial charge in [-0.15, -0.1) is 11.8 Å². The summed E-state index contributed by atoms with van der Waals surface area (Å²) in [5, 5.41) is 17.4. The average Bonchev–Trinajstić information content (AvgIpc) is 3.29. The molecule has 2 unspecified atom stereocenters. The molecule has 1 saturated heterocycles. The van der Waals surface area contributed by atoms with Gasteiger partial charge < -0.3 is 9.15 Å². The van der Waals surface area contributed by atoms with E-state index in [1.807, 2.05) is 6.21 Å². The molecule has 4 rings (SSSR count). The lowest BCUT2D eigenvalue weighted by Crippen LogP contribution is -2.37. The van der Waals surface area contributed by atoms with Crippen molar-refractivity contribution < 1.29 is 14.1 Å². The van der Waals surface area contributed by atoms with E-state index in [1.54, 1.807) is 17.8 Å². The zero-order valence-corrected chi connectivity index (χ0v) is 14.4. The maximum atomic E-state index is 10.8. The van der Waals surface area contributed by atoms with Crippen LogP contribution in [-0.2, 0) is 10.5 Å². The first-order valence-corrected chi connectivity index (χ1v) is 9.30. The lowest BCUT2D eigenvalue weighted by Gasteiger charge is -2.33. The number of hydrogen-bond acceptors (Lipinski definition) is 8. The SMILES string of the molecule is O=[N+]([O-])c1ccc2nc(CSC3CC(N4CCC=N4)CCO3)oc2c1. The Bertz CT molecular complexity index is 809. The number of oxazole rings is 1. The van der Waals surface area contributed by atoms with E-state index in [0.717, 1.165) is 32.4 Å². The number of nitro benzene ring substituents is 1. The number of fused-ring (bicyclic) bond motifs is 1. The fourth-order valence-electron chi connectivity index (χ4n) is 3.12. The Hall–Kier alpha value is -2.13. The van der Waals surface area contributed by atoms with Gasteiger partial charge in [-0.25, -0.2) is 4.98 Å². The topological polar surface area (TPSA) is 94.0 Å². The maximum Gasteiger partial charge on any atom is 0.273 e. The highest BCUT2D eigenvalue weighted by atomic mass is 32.2. The predicted molar refractivity (Wildman–Crippen MR) is 94.5 cm³/mol. The summed E-state index contributed by atoms with van der Waals surface area (Å²) < 4.78 is 11.5. The summed E-state index contributed by atoms with van der Waals surface area (Å²) in [5.74, 6) is 1.13. The van der Waals surface area contributed by atoms with Crippen LogP contribution >= 0.6 is 11.8 Å². The normalized spacial score (nSPS) is 23.4. The molecule has 9 heteroatoms. The Morgan fingerprint density at radius 3 is 3.16 bits per heavy atom. The van der Waals surface area contributed by atoms with Crippen LogP contribution in [-0.4, -0.2) is 45.8 Å². The van der Waals surface area contributed by atoms with E-state index in [4.69, 9.17) is 9.15 Å². The van der Waals surface area contributed by atoms with Gasteiger partial charge in [-0.3, -0.25) is 15.1 Å². The van der Waals surface area contributed by atoms with Gasteiger partial charge in [0.05, 0.1) is 29.4 Å². The van der Waals surface area contributed by atoms with Gasteiger partial charge in [0.1, 0.15) is 11.0 Å². The van der Waals surface area contributed by atoms with Crippen LogP contribution in [0.5, 0.6) is 0 Å². The van der Waals surface area contributed by atoms with E-state index in [9.17, 15) is 10.1 Å².